The summed E-state index contributed by atoms with van der Waals surface area (Å²) < 4.78 is 0. The van der Waals surface area contributed by atoms with Gasteiger partial charge in [-0.25, -0.2) is 0 Å². The maximum absolute atomic E-state index is 12.0. The summed E-state index contributed by atoms with van der Waals surface area (Å²) >= 11 is 0. The van der Waals surface area contributed by atoms with E-state index in [1.54, 1.807) is 29.2 Å². The Bertz CT molecular complexity index is 540. The summed E-state index contributed by atoms with van der Waals surface area (Å²) in [5, 5.41) is 5.38. The van der Waals surface area contributed by atoms with E-state index >= 15 is 0 Å². The fraction of sp³-hybridized carbons (Fsp3) is 0.400. The summed E-state index contributed by atoms with van der Waals surface area (Å²) in [6.07, 6.45) is 0. The van der Waals surface area contributed by atoms with Crippen LogP contribution in [0.3, 0.4) is 0 Å². The highest BCUT2D eigenvalue weighted by molar-refractivity contribution is 5.93. The Labute approximate surface area is 129 Å². The van der Waals surface area contributed by atoms with Crippen molar-refractivity contribution in [2.24, 2.45) is 5.73 Å². The average Bonchev–Trinajstić information content (AvgIpc) is 2.39. The largest absolute Gasteiger partial charge is 0.369 e. The first-order valence-corrected chi connectivity index (χ1v) is 6.97. The van der Waals surface area contributed by atoms with E-state index in [9.17, 15) is 14.4 Å². The van der Waals surface area contributed by atoms with Crippen LogP contribution in [0.5, 0.6) is 0 Å². The van der Waals surface area contributed by atoms with E-state index in [0.29, 0.717) is 11.4 Å². The second-order valence-corrected chi connectivity index (χ2v) is 5.27. The molecule has 3 amide bonds. The normalized spacial score (nSPS) is 10.6. The minimum Gasteiger partial charge on any atom is -0.369 e. The third-order valence-electron chi connectivity index (χ3n) is 2.92. The first-order chi connectivity index (χ1) is 10.3. The van der Waals surface area contributed by atoms with Crippen molar-refractivity contribution < 1.29 is 14.4 Å². The number of rotatable bonds is 7. The number of hydrogen-bond donors (Lipinski definition) is 3. The number of anilines is 2. The lowest BCUT2D eigenvalue weighted by atomic mass is 10.2. The molecule has 0 aliphatic rings. The minimum absolute atomic E-state index is 0.0281. The molecule has 0 aliphatic heterocycles. The third kappa shape index (κ3) is 6.36. The molecule has 0 fully saturated rings. The summed E-state index contributed by atoms with van der Waals surface area (Å²) in [6, 6.07) is 6.80. The molecule has 0 unspecified atom stereocenters. The summed E-state index contributed by atoms with van der Waals surface area (Å²) in [5.41, 5.74) is 6.44. The van der Waals surface area contributed by atoms with Crippen LogP contribution in [0.4, 0.5) is 11.4 Å². The monoisotopic (exact) mass is 306 g/mol. The number of nitrogens with one attached hydrogen (secondary N) is 2. The Balaban J connectivity index is 2.60. The molecular weight excluding hydrogens is 284 g/mol. The Morgan fingerprint density at radius 1 is 1.05 bits per heavy atom. The van der Waals surface area contributed by atoms with Crippen molar-refractivity contribution in [1.29, 1.82) is 0 Å². The lowest BCUT2D eigenvalue weighted by Crippen LogP contribution is -2.43. The standard InChI is InChI=1S/C15H22N4O3/c1-10(2)19(8-14(16)21)9-15(22)18-13-6-4-12(5-7-13)17-11(3)20/h4-7,10H,8-9H2,1-3H3,(H2,16,21)(H,17,20)(H,18,22). The highest BCUT2D eigenvalue weighted by atomic mass is 16.2. The Kier molecular flexibility index (Phi) is 6.52. The van der Waals surface area contributed by atoms with E-state index in [1.165, 1.54) is 6.92 Å². The molecule has 7 nitrogen and oxygen atoms in total. The van der Waals surface area contributed by atoms with E-state index < -0.39 is 5.91 Å². The van der Waals surface area contributed by atoms with E-state index in [-0.39, 0.29) is 30.9 Å². The van der Waals surface area contributed by atoms with Gasteiger partial charge < -0.3 is 16.4 Å². The van der Waals surface area contributed by atoms with Crippen molar-refractivity contribution >= 4 is 29.1 Å². The van der Waals surface area contributed by atoms with Crippen molar-refractivity contribution in [2.45, 2.75) is 26.8 Å². The number of hydrogen-bond acceptors (Lipinski definition) is 4. The van der Waals surface area contributed by atoms with Crippen molar-refractivity contribution in [3.63, 3.8) is 0 Å². The van der Waals surface area contributed by atoms with E-state index in [2.05, 4.69) is 10.6 Å². The second-order valence-electron chi connectivity index (χ2n) is 5.27. The van der Waals surface area contributed by atoms with E-state index in [0.717, 1.165) is 0 Å². The van der Waals surface area contributed by atoms with Crippen LogP contribution < -0.4 is 16.4 Å². The lowest BCUT2D eigenvalue weighted by Gasteiger charge is -2.24. The van der Waals surface area contributed by atoms with Crippen molar-refractivity contribution in [3.8, 4) is 0 Å². The van der Waals surface area contributed by atoms with Crippen LogP contribution in [0, 0.1) is 0 Å². The summed E-state index contributed by atoms with van der Waals surface area (Å²) in [7, 11) is 0. The molecule has 1 aromatic carbocycles. The first kappa shape index (κ1) is 17.6. The molecule has 0 saturated heterocycles. The Morgan fingerprint density at radius 3 is 1.95 bits per heavy atom. The van der Waals surface area contributed by atoms with Gasteiger partial charge in [0.05, 0.1) is 13.1 Å². The van der Waals surface area contributed by atoms with Gasteiger partial charge in [0.15, 0.2) is 0 Å². The maximum atomic E-state index is 12.0. The number of nitrogens with two attached hydrogens (primary N) is 1. The fourth-order valence-electron chi connectivity index (χ4n) is 1.85. The average molecular weight is 306 g/mol. The zero-order valence-electron chi connectivity index (χ0n) is 13.1. The van der Waals surface area contributed by atoms with Gasteiger partial charge in [0.25, 0.3) is 0 Å². The van der Waals surface area contributed by atoms with Crippen LogP contribution in [0.15, 0.2) is 24.3 Å². The van der Waals surface area contributed by atoms with Gasteiger partial charge in [0.1, 0.15) is 0 Å². The van der Waals surface area contributed by atoms with Gasteiger partial charge in [-0.1, -0.05) is 0 Å². The molecule has 1 rings (SSSR count). The summed E-state index contributed by atoms with van der Waals surface area (Å²) in [4.78, 5) is 35.6. The molecule has 0 saturated carbocycles. The first-order valence-electron chi connectivity index (χ1n) is 6.97. The van der Waals surface area contributed by atoms with Crippen molar-refractivity contribution in [2.75, 3.05) is 23.7 Å². The molecule has 0 bridgehead atoms. The van der Waals surface area contributed by atoms with Crippen LogP contribution in [0.25, 0.3) is 0 Å². The summed E-state index contributed by atoms with van der Waals surface area (Å²) in [6.45, 7) is 5.31. The number of carbonyl (C=O) groups excluding carboxylic acids is 3. The Morgan fingerprint density at radius 2 is 1.55 bits per heavy atom. The Hall–Kier alpha value is -2.41. The number of nitrogens with zero attached hydrogens (tertiary/aromatic N) is 1. The molecule has 1 aromatic rings. The second kappa shape index (κ2) is 8.14. The molecule has 0 radical (unpaired) electrons. The predicted octanol–water partition coefficient (Wildman–Crippen LogP) is 0.779. The SMILES string of the molecule is CC(=O)Nc1ccc(NC(=O)CN(CC(N)=O)C(C)C)cc1. The lowest BCUT2D eigenvalue weighted by molar-refractivity contribution is -0.122. The quantitative estimate of drug-likeness (QED) is 0.692. The minimum atomic E-state index is -0.471. The van der Waals surface area contributed by atoms with Gasteiger partial charge >= 0.3 is 0 Å². The van der Waals surface area contributed by atoms with Gasteiger partial charge in [0, 0.05) is 24.3 Å². The predicted molar refractivity (Wildman–Crippen MR) is 85.3 cm³/mol. The molecule has 22 heavy (non-hydrogen) atoms. The van der Waals surface area contributed by atoms with E-state index in [4.69, 9.17) is 5.73 Å². The topological polar surface area (TPSA) is 105 Å². The highest BCUT2D eigenvalue weighted by Gasteiger charge is 2.16. The van der Waals surface area contributed by atoms with Crippen molar-refractivity contribution in [1.82, 2.24) is 4.90 Å². The van der Waals surface area contributed by atoms with Gasteiger partial charge in [-0.2, -0.15) is 0 Å². The van der Waals surface area contributed by atoms with Gasteiger partial charge in [0.2, 0.25) is 17.7 Å². The summed E-state index contributed by atoms with van der Waals surface area (Å²) in [5.74, 6) is -0.862. The molecule has 0 atom stereocenters. The smallest absolute Gasteiger partial charge is 0.238 e. The molecule has 4 N–H and O–H groups in total. The van der Waals surface area contributed by atoms with Crippen LogP contribution in [-0.4, -0.2) is 41.8 Å². The molecule has 120 valence electrons. The molecule has 7 heteroatoms. The number of amides is 3. The van der Waals surface area contributed by atoms with Gasteiger partial charge in [-0.15, -0.1) is 0 Å². The zero-order chi connectivity index (χ0) is 16.7. The van der Waals surface area contributed by atoms with Crippen LogP contribution >= 0.6 is 0 Å². The molecular formula is C15H22N4O3. The maximum Gasteiger partial charge on any atom is 0.238 e. The van der Waals surface area contributed by atoms with E-state index in [1.807, 2.05) is 13.8 Å². The van der Waals surface area contributed by atoms with Crippen molar-refractivity contribution in [3.05, 3.63) is 24.3 Å². The zero-order valence-corrected chi connectivity index (χ0v) is 13.1. The molecule has 0 aromatic heterocycles. The number of benzene rings is 1. The highest BCUT2D eigenvalue weighted by Crippen LogP contribution is 2.13. The molecule has 0 aliphatic carbocycles. The third-order valence-corrected chi connectivity index (χ3v) is 2.92. The van der Waals surface area contributed by atoms with Crippen LogP contribution in [0.1, 0.15) is 20.8 Å². The number of primary amides is 1. The van der Waals surface area contributed by atoms with Crippen LogP contribution in [0.2, 0.25) is 0 Å². The van der Waals surface area contributed by atoms with Gasteiger partial charge in [-0.3, -0.25) is 19.3 Å². The fourth-order valence-corrected chi connectivity index (χ4v) is 1.85. The number of carbonyl (C=O) groups is 3. The van der Waals surface area contributed by atoms with Gasteiger partial charge in [-0.05, 0) is 38.1 Å². The molecule has 0 heterocycles. The molecule has 0 spiro atoms. The van der Waals surface area contributed by atoms with Crippen LogP contribution in [-0.2, 0) is 14.4 Å².